The van der Waals surface area contributed by atoms with Gasteiger partial charge in [-0.15, -0.1) is 6.42 Å². The van der Waals surface area contributed by atoms with E-state index in [2.05, 4.69) is 10.8 Å². The number of unbranched alkanes of at least 4 members (excludes halogenated alkanes) is 1. The Morgan fingerprint density at radius 2 is 2.09 bits per heavy atom. The van der Waals surface area contributed by atoms with Crippen molar-refractivity contribution in [2.45, 2.75) is 25.3 Å². The molecule has 1 aromatic carbocycles. The van der Waals surface area contributed by atoms with Crippen LogP contribution in [0.4, 0.5) is 0 Å². The zero-order valence-electron chi connectivity index (χ0n) is 12.8. The lowest BCUT2D eigenvalue weighted by Crippen LogP contribution is -2.25. The number of carboxylic acid groups (broad SMARTS) is 1. The van der Waals surface area contributed by atoms with Crippen LogP contribution in [0.15, 0.2) is 24.3 Å². The van der Waals surface area contributed by atoms with Gasteiger partial charge in [0.25, 0.3) is 0 Å². The first kappa shape index (κ1) is 18.5. The van der Waals surface area contributed by atoms with E-state index in [4.69, 9.17) is 27.9 Å². The Balaban J connectivity index is 2.51. The second-order valence-corrected chi connectivity index (χ2v) is 5.57. The molecule has 22 heavy (non-hydrogen) atoms. The van der Waals surface area contributed by atoms with Crippen LogP contribution < -0.4 is 0 Å². The molecule has 120 valence electrons. The van der Waals surface area contributed by atoms with E-state index in [1.165, 1.54) is 5.56 Å². The van der Waals surface area contributed by atoms with E-state index in [-0.39, 0.29) is 12.6 Å². The highest BCUT2D eigenvalue weighted by Gasteiger charge is 2.16. The van der Waals surface area contributed by atoms with Gasteiger partial charge in [-0.3, -0.25) is 4.90 Å². The van der Waals surface area contributed by atoms with Gasteiger partial charge in [0, 0.05) is 17.7 Å². The quantitative estimate of drug-likeness (QED) is 0.530. The van der Waals surface area contributed by atoms with Crippen LogP contribution in [0.2, 0.25) is 5.02 Å². The summed E-state index contributed by atoms with van der Waals surface area (Å²) in [5, 5.41) is 9.21. The number of nitrogens with zero attached hydrogens (tertiary/aromatic N) is 1. The van der Waals surface area contributed by atoms with Gasteiger partial charge in [-0.1, -0.05) is 29.7 Å². The molecule has 0 bridgehead atoms. The minimum Gasteiger partial charge on any atom is -0.480 e. The zero-order valence-corrected chi connectivity index (χ0v) is 13.6. The molecular weight excluding hydrogens is 302 g/mol. The number of halogens is 1. The van der Waals surface area contributed by atoms with Crippen molar-refractivity contribution >= 4 is 17.6 Å². The first-order valence-electron chi connectivity index (χ1n) is 7.23. The van der Waals surface area contributed by atoms with Crippen LogP contribution in [-0.4, -0.2) is 42.8 Å². The van der Waals surface area contributed by atoms with Gasteiger partial charge >= 0.3 is 5.97 Å². The fourth-order valence-electron chi connectivity index (χ4n) is 2.28. The van der Waals surface area contributed by atoms with Gasteiger partial charge in [-0.2, -0.15) is 0 Å². The van der Waals surface area contributed by atoms with E-state index in [9.17, 15) is 4.79 Å². The molecular formula is C17H22ClNO3. The summed E-state index contributed by atoms with van der Waals surface area (Å²) in [7, 11) is 2.00. The Morgan fingerprint density at radius 3 is 2.68 bits per heavy atom. The molecule has 0 spiro atoms. The summed E-state index contributed by atoms with van der Waals surface area (Å²) < 4.78 is 5.04. The van der Waals surface area contributed by atoms with E-state index >= 15 is 0 Å². The van der Waals surface area contributed by atoms with Crippen molar-refractivity contribution in [1.29, 1.82) is 0 Å². The van der Waals surface area contributed by atoms with Crippen molar-refractivity contribution in [2.75, 3.05) is 26.8 Å². The number of hydrogen-bond donors (Lipinski definition) is 1. The largest absolute Gasteiger partial charge is 0.480 e. The normalized spacial score (nSPS) is 12.1. The summed E-state index contributed by atoms with van der Waals surface area (Å²) in [4.78, 5) is 12.5. The SMILES string of the molecule is C#CCN(C)C(CCCCOCC(=O)O)c1ccc(Cl)cc1. The van der Waals surface area contributed by atoms with Crippen LogP contribution >= 0.6 is 11.6 Å². The Kier molecular flexibility index (Phi) is 8.61. The highest BCUT2D eigenvalue weighted by atomic mass is 35.5. The summed E-state index contributed by atoms with van der Waals surface area (Å²) in [6.07, 6.45) is 8.08. The molecule has 1 atom stereocenters. The van der Waals surface area contributed by atoms with Gasteiger partial charge in [0.05, 0.1) is 6.54 Å². The number of hydrogen-bond acceptors (Lipinski definition) is 3. The van der Waals surface area contributed by atoms with Crippen molar-refractivity contribution in [3.63, 3.8) is 0 Å². The van der Waals surface area contributed by atoms with Gasteiger partial charge in [0.15, 0.2) is 0 Å². The van der Waals surface area contributed by atoms with Gasteiger partial charge in [-0.05, 0) is 44.0 Å². The molecule has 0 amide bonds. The molecule has 0 radical (unpaired) electrons. The number of terminal acetylenes is 1. The smallest absolute Gasteiger partial charge is 0.329 e. The summed E-state index contributed by atoms with van der Waals surface area (Å²) in [6, 6.07) is 8.00. The molecule has 1 N–H and O–H groups in total. The van der Waals surface area contributed by atoms with Crippen LogP contribution in [0.3, 0.4) is 0 Å². The summed E-state index contributed by atoms with van der Waals surface area (Å²) in [5.41, 5.74) is 1.17. The standard InChI is InChI=1S/C17H22ClNO3/c1-3-11-19(2)16(14-7-9-15(18)10-8-14)6-4-5-12-22-13-17(20)21/h1,7-10,16H,4-6,11-13H2,2H3,(H,20,21). The van der Waals surface area contributed by atoms with E-state index < -0.39 is 5.97 Å². The second kappa shape index (κ2) is 10.2. The maximum absolute atomic E-state index is 10.4. The minimum atomic E-state index is -0.937. The number of aliphatic carboxylic acids is 1. The Bertz CT molecular complexity index is 496. The van der Waals surface area contributed by atoms with E-state index in [0.29, 0.717) is 18.2 Å². The fraction of sp³-hybridized carbons (Fsp3) is 0.471. The predicted molar refractivity (Wildman–Crippen MR) is 88.0 cm³/mol. The van der Waals surface area contributed by atoms with Gasteiger partial charge < -0.3 is 9.84 Å². The highest BCUT2D eigenvalue weighted by Crippen LogP contribution is 2.26. The lowest BCUT2D eigenvalue weighted by atomic mass is 10.00. The van der Waals surface area contributed by atoms with Crippen LogP contribution in [0.25, 0.3) is 0 Å². The minimum absolute atomic E-state index is 0.216. The molecule has 0 aliphatic heterocycles. The molecule has 0 aromatic heterocycles. The molecule has 0 fully saturated rings. The predicted octanol–water partition coefficient (Wildman–Crippen LogP) is 3.22. The first-order chi connectivity index (χ1) is 10.5. The molecule has 0 heterocycles. The maximum atomic E-state index is 10.4. The molecule has 1 aromatic rings. The first-order valence-corrected chi connectivity index (χ1v) is 7.61. The summed E-state index contributed by atoms with van der Waals surface area (Å²) >= 11 is 5.93. The molecule has 1 rings (SSSR count). The zero-order chi connectivity index (χ0) is 16.4. The van der Waals surface area contributed by atoms with Gasteiger partial charge in [0.2, 0.25) is 0 Å². The lowest BCUT2D eigenvalue weighted by Gasteiger charge is -2.27. The molecule has 0 aliphatic rings. The molecule has 5 heteroatoms. The van der Waals surface area contributed by atoms with E-state index in [1.807, 2.05) is 31.3 Å². The number of rotatable bonds is 10. The average Bonchev–Trinajstić information content (AvgIpc) is 2.47. The van der Waals surface area contributed by atoms with Crippen molar-refractivity contribution in [3.8, 4) is 12.3 Å². The Morgan fingerprint density at radius 1 is 1.41 bits per heavy atom. The summed E-state index contributed by atoms with van der Waals surface area (Å²) in [6.45, 7) is 0.791. The van der Waals surface area contributed by atoms with Crippen LogP contribution in [0, 0.1) is 12.3 Å². The Hall–Kier alpha value is -1.54. The monoisotopic (exact) mass is 323 g/mol. The lowest BCUT2D eigenvalue weighted by molar-refractivity contribution is -0.142. The van der Waals surface area contributed by atoms with Crippen molar-refractivity contribution < 1.29 is 14.6 Å². The third-order valence-electron chi connectivity index (χ3n) is 3.37. The van der Waals surface area contributed by atoms with E-state index in [1.54, 1.807) is 0 Å². The third-order valence-corrected chi connectivity index (χ3v) is 3.62. The third kappa shape index (κ3) is 6.95. The topological polar surface area (TPSA) is 49.8 Å². The highest BCUT2D eigenvalue weighted by molar-refractivity contribution is 6.30. The van der Waals surface area contributed by atoms with Crippen molar-refractivity contribution in [2.24, 2.45) is 0 Å². The number of carbonyl (C=O) groups is 1. The summed E-state index contributed by atoms with van der Waals surface area (Å²) in [5.74, 6) is 1.72. The molecule has 0 saturated carbocycles. The van der Waals surface area contributed by atoms with Crippen LogP contribution in [0.5, 0.6) is 0 Å². The number of benzene rings is 1. The van der Waals surface area contributed by atoms with Crippen molar-refractivity contribution in [1.82, 2.24) is 4.90 Å². The van der Waals surface area contributed by atoms with E-state index in [0.717, 1.165) is 19.3 Å². The number of ether oxygens (including phenoxy) is 1. The maximum Gasteiger partial charge on any atom is 0.329 e. The van der Waals surface area contributed by atoms with Crippen LogP contribution in [0.1, 0.15) is 30.9 Å². The molecule has 0 aliphatic carbocycles. The van der Waals surface area contributed by atoms with Crippen LogP contribution in [-0.2, 0) is 9.53 Å². The fourth-order valence-corrected chi connectivity index (χ4v) is 2.41. The van der Waals surface area contributed by atoms with Gasteiger partial charge in [0.1, 0.15) is 6.61 Å². The average molecular weight is 324 g/mol. The molecule has 0 saturated heterocycles. The Labute approximate surface area is 137 Å². The second-order valence-electron chi connectivity index (χ2n) is 5.13. The molecule has 1 unspecified atom stereocenters. The number of carboxylic acids is 1. The molecule has 4 nitrogen and oxygen atoms in total. The van der Waals surface area contributed by atoms with Gasteiger partial charge in [-0.25, -0.2) is 4.79 Å². The van der Waals surface area contributed by atoms with Crippen molar-refractivity contribution in [3.05, 3.63) is 34.9 Å².